The van der Waals surface area contributed by atoms with Gasteiger partial charge in [0, 0.05) is 10.6 Å². The van der Waals surface area contributed by atoms with Gasteiger partial charge in [-0.2, -0.15) is 0 Å². The lowest BCUT2D eigenvalue weighted by Crippen LogP contribution is -2.17. The highest BCUT2D eigenvalue weighted by Gasteiger charge is 2.23. The summed E-state index contributed by atoms with van der Waals surface area (Å²) in [7, 11) is 1.57. The highest BCUT2D eigenvalue weighted by Crippen LogP contribution is 2.35. The van der Waals surface area contributed by atoms with E-state index in [1.165, 1.54) is 11.8 Å². The van der Waals surface area contributed by atoms with Crippen molar-refractivity contribution in [1.82, 2.24) is 5.32 Å². The van der Waals surface area contributed by atoms with Crippen LogP contribution < -0.4 is 14.8 Å². The minimum atomic E-state index is -0.210. The zero-order valence-corrected chi connectivity index (χ0v) is 15.6. The number of methoxy groups -OCH3 is 1. The van der Waals surface area contributed by atoms with E-state index in [1.54, 1.807) is 13.2 Å². The summed E-state index contributed by atoms with van der Waals surface area (Å²) in [5.74, 6) is 0.935. The molecule has 0 aliphatic carbocycles. The minimum Gasteiger partial charge on any atom is -0.493 e. The Labute approximate surface area is 160 Å². The van der Waals surface area contributed by atoms with Crippen molar-refractivity contribution in [2.75, 3.05) is 7.11 Å². The minimum absolute atomic E-state index is 0.210. The summed E-state index contributed by atoms with van der Waals surface area (Å²) in [4.78, 5) is 12.4. The normalized spacial score (nSPS) is 15.4. The number of amides is 1. The van der Waals surface area contributed by atoms with E-state index < -0.39 is 0 Å². The van der Waals surface area contributed by atoms with E-state index in [1.807, 2.05) is 42.5 Å². The van der Waals surface area contributed by atoms with E-state index >= 15 is 0 Å². The van der Waals surface area contributed by atoms with Gasteiger partial charge in [-0.15, -0.1) is 0 Å². The Morgan fingerprint density at radius 3 is 2.76 bits per heavy atom. The molecule has 1 aliphatic rings. The van der Waals surface area contributed by atoms with Crippen molar-refractivity contribution in [3.05, 3.63) is 63.5 Å². The Hall–Kier alpha value is -2.02. The van der Waals surface area contributed by atoms with Crippen LogP contribution in [0.4, 0.5) is 0 Å². The third-order valence-corrected chi connectivity index (χ3v) is 4.83. The number of halogens is 1. The molecule has 3 rings (SSSR count). The lowest BCUT2D eigenvalue weighted by molar-refractivity contribution is -0.115. The summed E-state index contributed by atoms with van der Waals surface area (Å²) >= 11 is 12.3. The molecule has 128 valence electrons. The first-order valence-corrected chi connectivity index (χ1v) is 8.96. The van der Waals surface area contributed by atoms with Crippen molar-refractivity contribution < 1.29 is 14.3 Å². The first-order chi connectivity index (χ1) is 12.1. The summed E-state index contributed by atoms with van der Waals surface area (Å²) in [6.45, 7) is 0.328. The van der Waals surface area contributed by atoms with Gasteiger partial charge in [0.15, 0.2) is 11.5 Å². The van der Waals surface area contributed by atoms with Crippen LogP contribution in [-0.4, -0.2) is 17.3 Å². The Bertz CT molecular complexity index is 867. The molecule has 1 saturated heterocycles. The van der Waals surface area contributed by atoms with Crippen LogP contribution >= 0.6 is 35.6 Å². The first kappa shape index (κ1) is 17.8. The Kier molecular flexibility index (Phi) is 5.63. The molecule has 25 heavy (non-hydrogen) atoms. The van der Waals surface area contributed by atoms with Crippen LogP contribution in [0.15, 0.2) is 47.4 Å². The zero-order valence-electron chi connectivity index (χ0n) is 13.2. The second-order valence-corrected chi connectivity index (χ2v) is 7.30. The van der Waals surface area contributed by atoms with Gasteiger partial charge < -0.3 is 14.8 Å². The van der Waals surface area contributed by atoms with Gasteiger partial charge in [0.25, 0.3) is 5.91 Å². The summed E-state index contributed by atoms with van der Waals surface area (Å²) in [5.41, 5.74) is 1.68. The molecule has 0 bridgehead atoms. The van der Waals surface area contributed by atoms with Crippen molar-refractivity contribution in [3.63, 3.8) is 0 Å². The van der Waals surface area contributed by atoms with Gasteiger partial charge in [-0.05, 0) is 29.8 Å². The van der Waals surface area contributed by atoms with Gasteiger partial charge in [-0.25, -0.2) is 0 Å². The fourth-order valence-corrected chi connectivity index (χ4v) is 3.55. The number of rotatable bonds is 5. The quantitative estimate of drug-likeness (QED) is 0.604. The van der Waals surface area contributed by atoms with Gasteiger partial charge in [-0.3, -0.25) is 4.79 Å². The van der Waals surface area contributed by atoms with Crippen LogP contribution in [0.2, 0.25) is 5.02 Å². The molecule has 1 aliphatic heterocycles. The number of hydrogen-bond acceptors (Lipinski definition) is 5. The number of carbonyl (C=O) groups is 1. The fourth-order valence-electron chi connectivity index (χ4n) is 2.31. The van der Waals surface area contributed by atoms with E-state index in [0.717, 1.165) is 11.1 Å². The molecule has 1 N–H and O–H groups in total. The second kappa shape index (κ2) is 7.91. The number of hydrogen-bond donors (Lipinski definition) is 1. The molecule has 1 heterocycles. The number of ether oxygens (including phenoxy) is 2. The summed E-state index contributed by atoms with van der Waals surface area (Å²) in [6, 6.07) is 13.0. The SMILES string of the molecule is COc1cccc(/C=C2/SC(=S)NC2=O)c1OCc1cccc(Cl)c1. The monoisotopic (exact) mass is 391 g/mol. The van der Waals surface area contributed by atoms with Gasteiger partial charge in [0.05, 0.1) is 12.0 Å². The number of para-hydroxylation sites is 1. The van der Waals surface area contributed by atoms with Crippen molar-refractivity contribution in [2.45, 2.75) is 6.61 Å². The number of thiocarbonyl (C=S) groups is 1. The Balaban J connectivity index is 1.90. The maximum absolute atomic E-state index is 11.9. The molecule has 0 unspecified atom stereocenters. The smallest absolute Gasteiger partial charge is 0.263 e. The largest absolute Gasteiger partial charge is 0.493 e. The van der Waals surface area contributed by atoms with Crippen molar-refractivity contribution >= 4 is 51.9 Å². The van der Waals surface area contributed by atoms with E-state index in [4.69, 9.17) is 33.3 Å². The molecule has 0 atom stereocenters. The average Bonchev–Trinajstić information content (AvgIpc) is 2.90. The van der Waals surface area contributed by atoms with E-state index in [-0.39, 0.29) is 5.91 Å². The van der Waals surface area contributed by atoms with Crippen molar-refractivity contribution in [3.8, 4) is 11.5 Å². The maximum Gasteiger partial charge on any atom is 0.263 e. The van der Waals surface area contributed by atoms with Crippen LogP contribution in [0.1, 0.15) is 11.1 Å². The van der Waals surface area contributed by atoms with Crippen LogP contribution in [-0.2, 0) is 11.4 Å². The molecule has 0 radical (unpaired) electrons. The van der Waals surface area contributed by atoms with Crippen LogP contribution in [0, 0.1) is 0 Å². The molecular formula is C18H14ClNO3S2. The molecule has 4 nitrogen and oxygen atoms in total. The molecule has 2 aromatic rings. The molecular weight excluding hydrogens is 378 g/mol. The summed E-state index contributed by atoms with van der Waals surface area (Å²) in [5, 5.41) is 3.25. The number of carbonyl (C=O) groups excluding carboxylic acids is 1. The molecule has 0 spiro atoms. The predicted molar refractivity (Wildman–Crippen MR) is 105 cm³/mol. The number of thioether (sulfide) groups is 1. The Morgan fingerprint density at radius 1 is 1.28 bits per heavy atom. The predicted octanol–water partition coefficient (Wildman–Crippen LogP) is 4.42. The van der Waals surface area contributed by atoms with Crippen molar-refractivity contribution in [2.24, 2.45) is 0 Å². The fraction of sp³-hybridized carbons (Fsp3) is 0.111. The van der Waals surface area contributed by atoms with Crippen molar-refractivity contribution in [1.29, 1.82) is 0 Å². The van der Waals surface area contributed by atoms with E-state index in [9.17, 15) is 4.79 Å². The van der Waals surface area contributed by atoms with Crippen LogP contribution in [0.5, 0.6) is 11.5 Å². The summed E-state index contributed by atoms with van der Waals surface area (Å²) < 4.78 is 11.8. The third-order valence-electron chi connectivity index (χ3n) is 3.43. The highest BCUT2D eigenvalue weighted by atomic mass is 35.5. The zero-order chi connectivity index (χ0) is 17.8. The van der Waals surface area contributed by atoms with E-state index in [0.29, 0.717) is 32.4 Å². The maximum atomic E-state index is 11.9. The van der Waals surface area contributed by atoms with Gasteiger partial charge in [0.1, 0.15) is 10.9 Å². The lowest BCUT2D eigenvalue weighted by Gasteiger charge is -2.14. The second-order valence-electron chi connectivity index (χ2n) is 5.15. The number of benzene rings is 2. The van der Waals surface area contributed by atoms with Gasteiger partial charge >= 0.3 is 0 Å². The average molecular weight is 392 g/mol. The molecule has 2 aromatic carbocycles. The molecule has 1 amide bonds. The van der Waals surface area contributed by atoms with Gasteiger partial charge in [0.2, 0.25) is 0 Å². The lowest BCUT2D eigenvalue weighted by atomic mass is 10.1. The Morgan fingerprint density at radius 2 is 2.08 bits per heavy atom. The standard InChI is InChI=1S/C18H14ClNO3S2/c1-22-14-7-3-5-12(9-15-17(21)20-18(24)25-15)16(14)23-10-11-4-2-6-13(19)8-11/h2-9H,10H2,1H3,(H,20,21,24)/b15-9+. The van der Waals surface area contributed by atoms with Crippen LogP contribution in [0.3, 0.4) is 0 Å². The molecule has 0 saturated carbocycles. The number of nitrogens with one attached hydrogen (secondary N) is 1. The topological polar surface area (TPSA) is 47.6 Å². The third kappa shape index (κ3) is 4.34. The highest BCUT2D eigenvalue weighted by molar-refractivity contribution is 8.26. The first-order valence-electron chi connectivity index (χ1n) is 7.36. The van der Waals surface area contributed by atoms with E-state index in [2.05, 4.69) is 5.32 Å². The summed E-state index contributed by atoms with van der Waals surface area (Å²) in [6.07, 6.45) is 1.75. The van der Waals surface area contributed by atoms with Crippen LogP contribution in [0.25, 0.3) is 6.08 Å². The van der Waals surface area contributed by atoms with Gasteiger partial charge in [-0.1, -0.05) is 59.8 Å². The molecule has 7 heteroatoms. The molecule has 0 aromatic heterocycles. The molecule has 1 fully saturated rings.